The Morgan fingerprint density at radius 3 is 2.85 bits per heavy atom. The summed E-state index contributed by atoms with van der Waals surface area (Å²) in [7, 11) is 2.14. The molecule has 2 heterocycles. The van der Waals surface area contributed by atoms with Gasteiger partial charge in [0, 0.05) is 27.9 Å². The predicted molar refractivity (Wildman–Crippen MR) is 89.1 cm³/mol. The summed E-state index contributed by atoms with van der Waals surface area (Å²) in [6.07, 6.45) is 3.15. The maximum atomic E-state index is 6.35. The van der Waals surface area contributed by atoms with E-state index in [0.717, 1.165) is 28.1 Å². The second kappa shape index (κ2) is 4.35. The van der Waals surface area contributed by atoms with Gasteiger partial charge in [0.15, 0.2) is 0 Å². The van der Waals surface area contributed by atoms with Gasteiger partial charge in [-0.05, 0) is 22.0 Å². The van der Waals surface area contributed by atoms with Crippen molar-refractivity contribution >= 4 is 39.1 Å². The van der Waals surface area contributed by atoms with Gasteiger partial charge in [0.05, 0.1) is 18.6 Å². The summed E-state index contributed by atoms with van der Waals surface area (Å²) in [5, 5.41) is 4.37. The van der Waals surface area contributed by atoms with Gasteiger partial charge in [-0.3, -0.25) is 4.58 Å². The van der Waals surface area contributed by atoms with Gasteiger partial charge in [-0.25, -0.2) is 5.32 Å². The standard InChI is InChI=1S/C16H18BrClN2/c1-5-15(2,3)16-6-7-20(4)14(16)19-13-9-11(17)12(18)8-10(13)16/h5,8-9H,1,6-7H2,2-4H3/p+1. The summed E-state index contributed by atoms with van der Waals surface area (Å²) < 4.78 is 3.24. The fourth-order valence-corrected chi connectivity index (χ4v) is 4.14. The number of benzene rings is 1. The summed E-state index contributed by atoms with van der Waals surface area (Å²) in [5.41, 5.74) is 2.35. The fraction of sp³-hybridized carbons (Fsp3) is 0.438. The Kier molecular flexibility index (Phi) is 3.07. The molecule has 2 aliphatic rings. The number of rotatable bonds is 2. The van der Waals surface area contributed by atoms with Crippen LogP contribution in [0.25, 0.3) is 0 Å². The number of halogens is 2. The highest BCUT2D eigenvalue weighted by molar-refractivity contribution is 9.10. The first-order valence-electron chi connectivity index (χ1n) is 6.82. The minimum Gasteiger partial charge on any atom is -0.267 e. The third-order valence-corrected chi connectivity index (χ3v) is 6.19. The lowest BCUT2D eigenvalue weighted by molar-refractivity contribution is -0.488. The molecule has 2 nitrogen and oxygen atoms in total. The number of amidine groups is 1. The molecule has 0 radical (unpaired) electrons. The number of nitrogens with one attached hydrogen (secondary N) is 1. The molecule has 3 rings (SSSR count). The second-order valence-electron chi connectivity index (χ2n) is 6.29. The lowest BCUT2D eigenvalue weighted by atomic mass is 9.61. The largest absolute Gasteiger partial charge is 0.267 e. The van der Waals surface area contributed by atoms with Crippen LogP contribution >= 0.6 is 27.5 Å². The van der Waals surface area contributed by atoms with Crippen LogP contribution in [0, 0.1) is 5.41 Å². The highest BCUT2D eigenvalue weighted by Crippen LogP contribution is 2.55. The van der Waals surface area contributed by atoms with Crippen LogP contribution in [-0.2, 0) is 5.41 Å². The molecule has 1 unspecified atom stereocenters. The molecule has 0 aromatic heterocycles. The first-order chi connectivity index (χ1) is 9.33. The van der Waals surface area contributed by atoms with E-state index in [9.17, 15) is 0 Å². The van der Waals surface area contributed by atoms with Crippen molar-refractivity contribution in [2.75, 3.05) is 18.9 Å². The van der Waals surface area contributed by atoms with Gasteiger partial charge < -0.3 is 0 Å². The van der Waals surface area contributed by atoms with E-state index in [2.05, 4.69) is 71.5 Å². The quantitative estimate of drug-likeness (QED) is 0.613. The molecular formula is C16H19BrClN2+. The molecule has 0 spiro atoms. The van der Waals surface area contributed by atoms with Gasteiger partial charge in [0.25, 0.3) is 5.84 Å². The van der Waals surface area contributed by atoms with Crippen molar-refractivity contribution in [3.05, 3.63) is 39.8 Å². The molecule has 1 aromatic carbocycles. The first kappa shape index (κ1) is 14.2. The van der Waals surface area contributed by atoms with E-state index in [1.165, 1.54) is 11.4 Å². The Morgan fingerprint density at radius 1 is 1.50 bits per heavy atom. The molecule has 1 atom stereocenters. The second-order valence-corrected chi connectivity index (χ2v) is 7.55. The van der Waals surface area contributed by atoms with E-state index in [0.29, 0.717) is 0 Å². The molecule has 4 heteroatoms. The van der Waals surface area contributed by atoms with E-state index in [4.69, 9.17) is 11.6 Å². The van der Waals surface area contributed by atoms with Crippen LogP contribution in [0.1, 0.15) is 25.8 Å². The van der Waals surface area contributed by atoms with Crippen molar-refractivity contribution in [2.45, 2.75) is 25.7 Å². The van der Waals surface area contributed by atoms with E-state index < -0.39 is 0 Å². The van der Waals surface area contributed by atoms with Gasteiger partial charge in [0.1, 0.15) is 11.1 Å². The van der Waals surface area contributed by atoms with Crippen LogP contribution in [-0.4, -0.2) is 24.0 Å². The number of nitrogens with zero attached hydrogens (tertiary/aromatic N) is 1. The highest BCUT2D eigenvalue weighted by Gasteiger charge is 2.61. The van der Waals surface area contributed by atoms with Gasteiger partial charge in [-0.2, -0.15) is 0 Å². The number of allylic oxidation sites excluding steroid dienone is 1. The molecule has 0 saturated carbocycles. The number of anilines is 1. The zero-order valence-corrected chi connectivity index (χ0v) is 14.4. The molecule has 1 aromatic rings. The smallest absolute Gasteiger partial charge is 0.261 e. The average molecular weight is 355 g/mol. The summed E-state index contributed by atoms with van der Waals surface area (Å²) in [4.78, 5) is 0. The summed E-state index contributed by atoms with van der Waals surface area (Å²) in [6.45, 7) is 9.63. The van der Waals surface area contributed by atoms with Gasteiger partial charge >= 0.3 is 0 Å². The predicted octanol–water partition coefficient (Wildman–Crippen LogP) is 4.42. The van der Waals surface area contributed by atoms with Crippen molar-refractivity contribution in [2.24, 2.45) is 5.41 Å². The third kappa shape index (κ3) is 1.59. The average Bonchev–Trinajstić information content (AvgIpc) is 2.88. The zero-order chi connectivity index (χ0) is 14.7. The Morgan fingerprint density at radius 2 is 2.20 bits per heavy atom. The van der Waals surface area contributed by atoms with Gasteiger partial charge in [0.2, 0.25) is 0 Å². The molecule has 0 saturated heterocycles. The SMILES string of the molecule is C=CC(C)(C)C12CC[N+](C)=C1Nc1cc(Br)c(Cl)cc12. The molecule has 1 N–H and O–H groups in total. The Labute approximate surface area is 133 Å². The van der Waals surface area contributed by atoms with E-state index in [1.807, 2.05) is 0 Å². The van der Waals surface area contributed by atoms with E-state index >= 15 is 0 Å². The lowest BCUT2D eigenvalue weighted by Crippen LogP contribution is -2.45. The molecular weight excluding hydrogens is 336 g/mol. The van der Waals surface area contributed by atoms with Crippen molar-refractivity contribution in [3.8, 4) is 0 Å². The topological polar surface area (TPSA) is 15.0 Å². The molecule has 106 valence electrons. The van der Waals surface area contributed by atoms with Crippen LogP contribution in [0.3, 0.4) is 0 Å². The summed E-state index contributed by atoms with van der Waals surface area (Å²) in [5.74, 6) is 1.27. The molecule has 0 bridgehead atoms. The molecule has 0 amide bonds. The molecule has 0 fully saturated rings. The molecule has 0 aliphatic carbocycles. The lowest BCUT2D eigenvalue weighted by Gasteiger charge is -2.37. The third-order valence-electron chi connectivity index (χ3n) is 4.99. The summed E-state index contributed by atoms with van der Waals surface area (Å²) >= 11 is 9.86. The van der Waals surface area contributed by atoms with Crippen molar-refractivity contribution in [1.82, 2.24) is 0 Å². The minimum absolute atomic E-state index is 0.0392. The van der Waals surface area contributed by atoms with Crippen molar-refractivity contribution in [3.63, 3.8) is 0 Å². The minimum atomic E-state index is -0.0524. The van der Waals surface area contributed by atoms with Crippen LogP contribution in [0.2, 0.25) is 5.02 Å². The van der Waals surface area contributed by atoms with Crippen molar-refractivity contribution in [1.29, 1.82) is 0 Å². The Balaban J connectivity index is 2.33. The normalized spacial score (nSPS) is 24.4. The van der Waals surface area contributed by atoms with Crippen LogP contribution in [0.5, 0.6) is 0 Å². The molecule has 2 aliphatic heterocycles. The molecule has 20 heavy (non-hydrogen) atoms. The van der Waals surface area contributed by atoms with Crippen LogP contribution in [0.4, 0.5) is 5.69 Å². The monoisotopic (exact) mass is 353 g/mol. The highest BCUT2D eigenvalue weighted by atomic mass is 79.9. The first-order valence-corrected chi connectivity index (χ1v) is 7.99. The van der Waals surface area contributed by atoms with Gasteiger partial charge in [-0.15, -0.1) is 6.58 Å². The number of fused-ring (bicyclic) bond motifs is 3. The zero-order valence-electron chi connectivity index (χ0n) is 12.1. The van der Waals surface area contributed by atoms with Crippen LogP contribution in [0.15, 0.2) is 29.3 Å². The van der Waals surface area contributed by atoms with Crippen molar-refractivity contribution < 1.29 is 4.58 Å². The maximum absolute atomic E-state index is 6.35. The van der Waals surface area contributed by atoms with E-state index in [-0.39, 0.29) is 10.8 Å². The Bertz CT molecular complexity index is 648. The fourth-order valence-electron chi connectivity index (χ4n) is 3.64. The van der Waals surface area contributed by atoms with Crippen LogP contribution < -0.4 is 5.32 Å². The Hall–Kier alpha value is -0.800. The van der Waals surface area contributed by atoms with Gasteiger partial charge in [-0.1, -0.05) is 31.5 Å². The number of hydrogen-bond donors (Lipinski definition) is 1. The summed E-state index contributed by atoms with van der Waals surface area (Å²) in [6, 6.07) is 4.18. The van der Waals surface area contributed by atoms with E-state index in [1.54, 1.807) is 0 Å². The maximum Gasteiger partial charge on any atom is 0.261 e. The number of hydrogen-bond acceptors (Lipinski definition) is 1.